The molecule has 8 nitrogen and oxygen atoms in total. The van der Waals surface area contributed by atoms with E-state index in [2.05, 4.69) is 116 Å². The van der Waals surface area contributed by atoms with Crippen LogP contribution in [0.15, 0.2) is 109 Å². The van der Waals surface area contributed by atoms with E-state index in [1.54, 1.807) is 6.08 Å². The summed E-state index contributed by atoms with van der Waals surface area (Å²) in [4.78, 5) is 25.5. The van der Waals surface area contributed by atoms with E-state index in [9.17, 15) is 19.4 Å². The van der Waals surface area contributed by atoms with E-state index in [1.165, 1.54) is 135 Å². The number of phosphoric acid groups is 1. The average molecular weight is 1050 g/mol. The Morgan fingerprint density at radius 2 is 0.824 bits per heavy atom. The summed E-state index contributed by atoms with van der Waals surface area (Å²) < 4.78 is 23.4. The Morgan fingerprint density at radius 1 is 0.486 bits per heavy atom. The van der Waals surface area contributed by atoms with Crippen LogP contribution in [0.4, 0.5) is 0 Å². The maximum atomic E-state index is 13.0. The molecule has 0 saturated carbocycles. The van der Waals surface area contributed by atoms with Crippen molar-refractivity contribution in [3.8, 4) is 0 Å². The van der Waals surface area contributed by atoms with Crippen LogP contribution in [0.5, 0.6) is 0 Å². The van der Waals surface area contributed by atoms with Gasteiger partial charge in [0.05, 0.1) is 39.9 Å². The van der Waals surface area contributed by atoms with Crippen LogP contribution in [-0.2, 0) is 18.4 Å². The van der Waals surface area contributed by atoms with E-state index in [4.69, 9.17) is 9.05 Å². The zero-order chi connectivity index (χ0) is 54.2. The molecule has 426 valence electrons. The van der Waals surface area contributed by atoms with Gasteiger partial charge in [0.25, 0.3) is 7.82 Å². The summed E-state index contributed by atoms with van der Waals surface area (Å²) in [6.45, 7) is 4.51. The highest BCUT2D eigenvalue weighted by molar-refractivity contribution is 7.45. The van der Waals surface area contributed by atoms with Crippen molar-refractivity contribution in [1.29, 1.82) is 0 Å². The van der Waals surface area contributed by atoms with Crippen LogP contribution >= 0.6 is 7.82 Å². The summed E-state index contributed by atoms with van der Waals surface area (Å²) in [6.07, 6.45) is 80.3. The number of phosphoric ester groups is 1. The van der Waals surface area contributed by atoms with Crippen LogP contribution in [0.3, 0.4) is 0 Å². The van der Waals surface area contributed by atoms with Crippen molar-refractivity contribution in [3.63, 3.8) is 0 Å². The van der Waals surface area contributed by atoms with Crippen molar-refractivity contribution < 1.29 is 32.9 Å². The predicted octanol–water partition coefficient (Wildman–Crippen LogP) is 18.1. The highest BCUT2D eigenvalue weighted by Crippen LogP contribution is 2.38. The molecule has 0 saturated heterocycles. The van der Waals surface area contributed by atoms with Gasteiger partial charge in [-0.2, -0.15) is 0 Å². The molecular weight excluding hydrogens is 936 g/mol. The summed E-state index contributed by atoms with van der Waals surface area (Å²) in [5.74, 6) is -0.242. The quantitative estimate of drug-likeness (QED) is 0.0272. The maximum absolute atomic E-state index is 13.0. The van der Waals surface area contributed by atoms with Gasteiger partial charge in [0.15, 0.2) is 0 Å². The van der Waals surface area contributed by atoms with Gasteiger partial charge in [0.2, 0.25) is 5.91 Å². The van der Waals surface area contributed by atoms with Crippen LogP contribution in [-0.4, -0.2) is 68.5 Å². The Bertz CT molecular complexity index is 1570. The molecule has 0 aliphatic heterocycles. The zero-order valence-corrected chi connectivity index (χ0v) is 49.4. The number of aliphatic hydroxyl groups excluding tert-OH is 1. The summed E-state index contributed by atoms with van der Waals surface area (Å²) in [5, 5.41) is 13.9. The number of nitrogens with zero attached hydrogens (tertiary/aromatic N) is 1. The molecule has 0 aliphatic rings. The Morgan fingerprint density at radius 3 is 1.20 bits per heavy atom. The minimum absolute atomic E-state index is 0.0155. The monoisotopic (exact) mass is 1050 g/mol. The fraction of sp³-hybridized carbons (Fsp3) is 0.708. The van der Waals surface area contributed by atoms with Crippen LogP contribution < -0.4 is 10.2 Å². The first-order valence-electron chi connectivity index (χ1n) is 30.2. The molecule has 0 aromatic heterocycles. The van der Waals surface area contributed by atoms with Crippen LogP contribution in [0, 0.1) is 0 Å². The van der Waals surface area contributed by atoms with Crippen molar-refractivity contribution in [2.24, 2.45) is 0 Å². The Labute approximate surface area is 457 Å². The number of hydrogen-bond acceptors (Lipinski definition) is 6. The molecule has 3 unspecified atom stereocenters. The normalized spacial score (nSPS) is 14.6. The first-order chi connectivity index (χ1) is 36.0. The number of quaternary nitrogens is 1. The van der Waals surface area contributed by atoms with Gasteiger partial charge in [-0.3, -0.25) is 9.36 Å². The van der Waals surface area contributed by atoms with Gasteiger partial charge in [-0.05, 0) is 83.5 Å². The van der Waals surface area contributed by atoms with Crippen molar-refractivity contribution in [2.75, 3.05) is 40.9 Å². The molecule has 9 heteroatoms. The summed E-state index contributed by atoms with van der Waals surface area (Å²) >= 11 is 0. The maximum Gasteiger partial charge on any atom is 0.268 e. The molecule has 0 radical (unpaired) electrons. The number of carbonyl (C=O) groups is 1. The van der Waals surface area contributed by atoms with Crippen LogP contribution in [0.2, 0.25) is 0 Å². The molecule has 0 aromatic carbocycles. The average Bonchev–Trinajstić information content (AvgIpc) is 3.36. The Kier molecular flexibility index (Phi) is 52.8. The van der Waals surface area contributed by atoms with Gasteiger partial charge in [-0.1, -0.05) is 264 Å². The lowest BCUT2D eigenvalue weighted by atomic mass is 10.0. The lowest BCUT2D eigenvalue weighted by molar-refractivity contribution is -0.870. The van der Waals surface area contributed by atoms with E-state index in [0.717, 1.165) is 83.5 Å². The smallest absolute Gasteiger partial charge is 0.268 e. The largest absolute Gasteiger partial charge is 0.756 e. The van der Waals surface area contributed by atoms with Gasteiger partial charge in [0.1, 0.15) is 13.2 Å². The predicted molar refractivity (Wildman–Crippen MR) is 320 cm³/mol. The van der Waals surface area contributed by atoms with Crippen LogP contribution in [0.25, 0.3) is 0 Å². The molecule has 0 heterocycles. The van der Waals surface area contributed by atoms with E-state index in [-0.39, 0.29) is 18.9 Å². The van der Waals surface area contributed by atoms with Gasteiger partial charge >= 0.3 is 0 Å². The van der Waals surface area contributed by atoms with Crippen LogP contribution in [0.1, 0.15) is 245 Å². The number of amides is 1. The number of carbonyl (C=O) groups excluding carboxylic acids is 1. The minimum Gasteiger partial charge on any atom is -0.756 e. The molecule has 0 aliphatic carbocycles. The fourth-order valence-electron chi connectivity index (χ4n) is 8.29. The lowest BCUT2D eigenvalue weighted by Gasteiger charge is -2.29. The van der Waals surface area contributed by atoms with Gasteiger partial charge in [-0.15, -0.1) is 0 Å². The summed E-state index contributed by atoms with van der Waals surface area (Å²) in [5.41, 5.74) is 0. The number of unbranched alkanes of at least 4 members (excludes halogenated alkanes) is 25. The number of allylic oxidation sites excluding steroid dienone is 17. The van der Waals surface area contributed by atoms with Crippen molar-refractivity contribution in [3.05, 3.63) is 109 Å². The topological polar surface area (TPSA) is 108 Å². The first-order valence-corrected chi connectivity index (χ1v) is 31.7. The fourth-order valence-corrected chi connectivity index (χ4v) is 9.01. The molecule has 0 fully saturated rings. The number of likely N-dealkylation sites (N-methyl/N-ethyl adjacent to an activating group) is 1. The van der Waals surface area contributed by atoms with Gasteiger partial charge < -0.3 is 28.8 Å². The second kappa shape index (κ2) is 54.9. The SMILES string of the molecule is CC/C=C\C/C=C\C/C=C\C/C=C\C/C=C\C/C=C\C/C=C\C/C=C\CCCCC(=O)NC(COP(=O)([O-])OCC[N+](C)(C)C)C(O)/C=C/CCCCCCCCCCCCCCCCCCCCCCCCC. The molecule has 3 atom stereocenters. The number of aliphatic hydroxyl groups is 1. The zero-order valence-electron chi connectivity index (χ0n) is 48.5. The van der Waals surface area contributed by atoms with E-state index < -0.39 is 26.6 Å². The van der Waals surface area contributed by atoms with E-state index in [0.29, 0.717) is 17.4 Å². The summed E-state index contributed by atoms with van der Waals surface area (Å²) in [7, 11) is 1.22. The van der Waals surface area contributed by atoms with E-state index >= 15 is 0 Å². The highest BCUT2D eigenvalue weighted by atomic mass is 31.2. The standard InChI is InChI=1S/C65H115N2O6P/c1-6-8-10-12-14-16-18-20-22-24-26-28-30-32-33-35-37-39-41-43-45-47-49-51-53-55-57-59-65(69)66-63(62-73-74(70,71)72-61-60-67(3,4)5)64(68)58-56-54-52-50-48-46-44-42-40-38-36-34-31-29-27-25-23-21-19-17-15-13-11-9-7-2/h8,10,14,16,20,22,26,28,32-33,37,39,43,45,49,51,56,58,63-64,68H,6-7,9,11-13,15,17-19,21,23-25,27,29-31,34-36,38,40-42,44,46-48,50,52-55,57,59-62H2,1-5H3,(H-,66,69,70,71)/b10-8-,16-14-,22-20-,28-26-,33-32-,39-37-,45-43-,51-49-,58-56+. The van der Waals surface area contributed by atoms with Crippen molar-refractivity contribution >= 4 is 13.7 Å². The third-order valence-electron chi connectivity index (χ3n) is 13.0. The molecule has 1 amide bonds. The molecule has 0 bridgehead atoms. The highest BCUT2D eigenvalue weighted by Gasteiger charge is 2.23. The number of rotatable bonds is 54. The Hall–Kier alpha value is -2.84. The van der Waals surface area contributed by atoms with E-state index in [1.807, 2.05) is 27.2 Å². The molecule has 74 heavy (non-hydrogen) atoms. The van der Waals surface area contributed by atoms with Gasteiger partial charge in [0, 0.05) is 6.42 Å². The second-order valence-electron chi connectivity index (χ2n) is 21.3. The van der Waals surface area contributed by atoms with Gasteiger partial charge in [-0.25, -0.2) is 0 Å². The van der Waals surface area contributed by atoms with Crippen molar-refractivity contribution in [2.45, 2.75) is 257 Å². The third kappa shape index (κ3) is 56.9. The lowest BCUT2D eigenvalue weighted by Crippen LogP contribution is -2.45. The second-order valence-corrected chi connectivity index (χ2v) is 22.7. The van der Waals surface area contributed by atoms with Crippen molar-refractivity contribution in [1.82, 2.24) is 5.32 Å². The third-order valence-corrected chi connectivity index (χ3v) is 14.0. The molecule has 0 spiro atoms. The molecule has 0 aromatic rings. The molecular formula is C65H115N2O6P. The molecule has 0 rings (SSSR count). The summed E-state index contributed by atoms with van der Waals surface area (Å²) in [6, 6.07) is -0.919. The number of nitrogens with one attached hydrogen (secondary N) is 1. The minimum atomic E-state index is -4.62. The molecule has 2 N–H and O–H groups in total. The Balaban J connectivity index is 4.32. The number of hydrogen-bond donors (Lipinski definition) is 2. The first kappa shape index (κ1) is 71.2.